The van der Waals surface area contributed by atoms with Gasteiger partial charge in [0.2, 0.25) is 0 Å². The summed E-state index contributed by atoms with van der Waals surface area (Å²) in [5.41, 5.74) is 6.38. The number of nitrogens with two attached hydrogens (primary N) is 1. The average Bonchev–Trinajstić information content (AvgIpc) is 2.26. The van der Waals surface area contributed by atoms with E-state index in [1.807, 2.05) is 45.0 Å². The molecule has 0 radical (unpaired) electrons. The van der Waals surface area contributed by atoms with Crippen LogP contribution in [0.5, 0.6) is 5.75 Å². The molecule has 0 spiro atoms. The van der Waals surface area contributed by atoms with E-state index >= 15 is 0 Å². The van der Waals surface area contributed by atoms with Gasteiger partial charge in [0.25, 0.3) is 0 Å². The fourth-order valence-corrected chi connectivity index (χ4v) is 1.53. The average molecular weight is 251 g/mol. The molecule has 18 heavy (non-hydrogen) atoms. The summed E-state index contributed by atoms with van der Waals surface area (Å²) in [6.07, 6.45) is 0.170. The van der Waals surface area contributed by atoms with Gasteiger partial charge in [-0.15, -0.1) is 0 Å². The van der Waals surface area contributed by atoms with E-state index in [0.717, 1.165) is 11.3 Å². The molecule has 0 unspecified atom stereocenters. The first kappa shape index (κ1) is 14.5. The molecular formula is C14H21NO3. The SMILES string of the molecule is COc1ccc([C@H](N)CC(=O)OC(C)(C)C)cc1. The summed E-state index contributed by atoms with van der Waals surface area (Å²) in [4.78, 5) is 11.6. The fraction of sp³-hybridized carbons (Fsp3) is 0.500. The molecule has 1 aromatic rings. The van der Waals surface area contributed by atoms with Crippen LogP contribution in [0.1, 0.15) is 38.8 Å². The highest BCUT2D eigenvalue weighted by molar-refractivity contribution is 5.70. The highest BCUT2D eigenvalue weighted by Gasteiger charge is 2.19. The number of hydrogen-bond donors (Lipinski definition) is 1. The number of ether oxygens (including phenoxy) is 2. The Hall–Kier alpha value is -1.55. The highest BCUT2D eigenvalue weighted by Crippen LogP contribution is 2.19. The van der Waals surface area contributed by atoms with Crippen molar-refractivity contribution in [2.75, 3.05) is 7.11 Å². The molecule has 100 valence electrons. The second kappa shape index (κ2) is 5.87. The Morgan fingerprint density at radius 3 is 2.28 bits per heavy atom. The van der Waals surface area contributed by atoms with E-state index in [2.05, 4.69) is 0 Å². The largest absolute Gasteiger partial charge is 0.497 e. The number of hydrogen-bond acceptors (Lipinski definition) is 4. The first-order valence-electron chi connectivity index (χ1n) is 5.93. The van der Waals surface area contributed by atoms with Crippen molar-refractivity contribution in [2.24, 2.45) is 5.73 Å². The molecule has 0 aliphatic heterocycles. The Morgan fingerprint density at radius 2 is 1.83 bits per heavy atom. The molecule has 0 fully saturated rings. The maximum Gasteiger partial charge on any atom is 0.308 e. The van der Waals surface area contributed by atoms with Crippen molar-refractivity contribution in [1.82, 2.24) is 0 Å². The van der Waals surface area contributed by atoms with Crippen LogP contribution in [-0.2, 0) is 9.53 Å². The predicted molar refractivity (Wildman–Crippen MR) is 70.4 cm³/mol. The zero-order valence-electron chi connectivity index (χ0n) is 11.4. The van der Waals surface area contributed by atoms with Gasteiger partial charge in [0.1, 0.15) is 11.4 Å². The van der Waals surface area contributed by atoms with E-state index in [-0.39, 0.29) is 18.4 Å². The van der Waals surface area contributed by atoms with Gasteiger partial charge < -0.3 is 15.2 Å². The molecule has 0 saturated heterocycles. The van der Waals surface area contributed by atoms with Gasteiger partial charge in [0, 0.05) is 6.04 Å². The molecule has 0 aliphatic rings. The van der Waals surface area contributed by atoms with Crippen molar-refractivity contribution in [1.29, 1.82) is 0 Å². The van der Waals surface area contributed by atoms with Crippen LogP contribution in [0.4, 0.5) is 0 Å². The molecule has 1 aromatic carbocycles. The molecule has 1 rings (SSSR count). The van der Waals surface area contributed by atoms with E-state index in [0.29, 0.717) is 0 Å². The lowest BCUT2D eigenvalue weighted by Gasteiger charge is -2.21. The van der Waals surface area contributed by atoms with E-state index in [1.165, 1.54) is 0 Å². The number of benzene rings is 1. The van der Waals surface area contributed by atoms with Crippen molar-refractivity contribution in [2.45, 2.75) is 38.8 Å². The molecule has 0 saturated carbocycles. The Bertz CT molecular complexity index is 392. The summed E-state index contributed by atoms with van der Waals surface area (Å²) in [6, 6.07) is 7.00. The van der Waals surface area contributed by atoms with Crippen molar-refractivity contribution in [3.05, 3.63) is 29.8 Å². The molecule has 4 heteroatoms. The number of carbonyl (C=O) groups excluding carboxylic acids is 1. The Labute approximate surface area is 108 Å². The molecule has 1 atom stereocenters. The minimum Gasteiger partial charge on any atom is -0.497 e. The number of methoxy groups -OCH3 is 1. The second-order valence-electron chi connectivity index (χ2n) is 5.17. The predicted octanol–water partition coefficient (Wildman–Crippen LogP) is 2.43. The highest BCUT2D eigenvalue weighted by atomic mass is 16.6. The lowest BCUT2D eigenvalue weighted by Crippen LogP contribution is -2.26. The first-order chi connectivity index (χ1) is 8.31. The standard InChI is InChI=1S/C14H21NO3/c1-14(2,3)18-13(16)9-12(15)10-5-7-11(17-4)8-6-10/h5-8,12H,9,15H2,1-4H3/t12-/m1/s1. The maximum absolute atomic E-state index is 11.6. The third-order valence-electron chi connectivity index (χ3n) is 2.35. The summed E-state index contributed by atoms with van der Waals surface area (Å²) in [5.74, 6) is 0.481. The van der Waals surface area contributed by atoms with Gasteiger partial charge in [-0.2, -0.15) is 0 Å². The molecule has 0 aliphatic carbocycles. The van der Waals surface area contributed by atoms with Crippen LogP contribution in [0.25, 0.3) is 0 Å². The quantitative estimate of drug-likeness (QED) is 0.835. The van der Waals surface area contributed by atoms with Gasteiger partial charge in [-0.25, -0.2) is 0 Å². The molecule has 0 bridgehead atoms. The van der Waals surface area contributed by atoms with Crippen molar-refractivity contribution in [3.8, 4) is 5.75 Å². The molecule has 0 aromatic heterocycles. The van der Waals surface area contributed by atoms with Crippen molar-refractivity contribution >= 4 is 5.97 Å². The van der Waals surface area contributed by atoms with Crippen LogP contribution in [0.3, 0.4) is 0 Å². The molecule has 4 nitrogen and oxygen atoms in total. The van der Waals surface area contributed by atoms with Crippen molar-refractivity contribution in [3.63, 3.8) is 0 Å². The van der Waals surface area contributed by atoms with E-state index in [4.69, 9.17) is 15.2 Å². The van der Waals surface area contributed by atoms with Crippen LogP contribution in [0, 0.1) is 0 Å². The first-order valence-corrected chi connectivity index (χ1v) is 5.93. The van der Waals surface area contributed by atoms with Gasteiger partial charge in [-0.05, 0) is 38.5 Å². The summed E-state index contributed by atoms with van der Waals surface area (Å²) in [5, 5.41) is 0. The second-order valence-corrected chi connectivity index (χ2v) is 5.17. The zero-order valence-corrected chi connectivity index (χ0v) is 11.4. The van der Waals surface area contributed by atoms with E-state index < -0.39 is 5.60 Å². The van der Waals surface area contributed by atoms with E-state index in [1.54, 1.807) is 7.11 Å². The van der Waals surface area contributed by atoms with Gasteiger partial charge in [-0.1, -0.05) is 12.1 Å². The van der Waals surface area contributed by atoms with Gasteiger partial charge in [0.15, 0.2) is 0 Å². The summed E-state index contributed by atoms with van der Waals surface area (Å²) in [7, 11) is 1.61. The maximum atomic E-state index is 11.6. The molecule has 0 heterocycles. The van der Waals surface area contributed by atoms with Crippen LogP contribution in [-0.4, -0.2) is 18.7 Å². The van der Waals surface area contributed by atoms with Crippen LogP contribution in [0.15, 0.2) is 24.3 Å². The van der Waals surface area contributed by atoms with Gasteiger partial charge >= 0.3 is 5.97 Å². The summed E-state index contributed by atoms with van der Waals surface area (Å²) < 4.78 is 10.3. The Balaban J connectivity index is 2.59. The molecule has 2 N–H and O–H groups in total. The zero-order chi connectivity index (χ0) is 13.8. The van der Waals surface area contributed by atoms with Crippen LogP contribution >= 0.6 is 0 Å². The molecular weight excluding hydrogens is 230 g/mol. The monoisotopic (exact) mass is 251 g/mol. The topological polar surface area (TPSA) is 61.5 Å². The number of rotatable bonds is 4. The minimum absolute atomic E-state index is 0.170. The van der Waals surface area contributed by atoms with Crippen LogP contribution < -0.4 is 10.5 Å². The smallest absolute Gasteiger partial charge is 0.308 e. The van der Waals surface area contributed by atoms with E-state index in [9.17, 15) is 4.79 Å². The van der Waals surface area contributed by atoms with Gasteiger partial charge in [0.05, 0.1) is 13.5 Å². The third-order valence-corrected chi connectivity index (χ3v) is 2.35. The van der Waals surface area contributed by atoms with Crippen molar-refractivity contribution < 1.29 is 14.3 Å². The Morgan fingerprint density at radius 1 is 1.28 bits per heavy atom. The lowest BCUT2D eigenvalue weighted by molar-refractivity contribution is -0.155. The summed E-state index contributed by atoms with van der Waals surface area (Å²) in [6.45, 7) is 5.51. The Kier molecular flexibility index (Phi) is 4.73. The van der Waals surface area contributed by atoms with Crippen LogP contribution in [0.2, 0.25) is 0 Å². The number of esters is 1. The number of carbonyl (C=O) groups is 1. The third kappa shape index (κ3) is 4.75. The normalized spacial score (nSPS) is 12.9. The minimum atomic E-state index is -0.475. The fourth-order valence-electron chi connectivity index (χ4n) is 1.53. The van der Waals surface area contributed by atoms with Gasteiger partial charge in [-0.3, -0.25) is 4.79 Å². The molecule has 0 amide bonds. The lowest BCUT2D eigenvalue weighted by atomic mass is 10.0. The summed E-state index contributed by atoms with van der Waals surface area (Å²) >= 11 is 0.